The first-order chi connectivity index (χ1) is 17.7. The van der Waals surface area contributed by atoms with Crippen molar-refractivity contribution in [3.8, 4) is 0 Å². The molecule has 4 aliphatic heterocycles. The SMILES string of the molecule is C=C1C[CH]C[C@@H]2CC=C[C@@H](C/C=C\C(=O)OC([C@@H](O)/C=C/C3CC(C)(C)CCO3)C[C@@H]3O[C@H]3[C@@H](O)C1)O2. The lowest BCUT2D eigenvalue weighted by molar-refractivity contribution is -0.148. The topological polar surface area (TPSA) is 97.8 Å². The molecule has 4 rings (SSSR count). The number of carbonyl (C=O) groups is 1. The van der Waals surface area contributed by atoms with Gasteiger partial charge in [0.2, 0.25) is 0 Å². The molecule has 2 unspecified atom stereocenters. The van der Waals surface area contributed by atoms with Gasteiger partial charge in [0.1, 0.15) is 18.3 Å². The number of fused-ring (bicyclic) bond motifs is 3. The molecular formula is C30H43O7. The molecule has 37 heavy (non-hydrogen) atoms. The zero-order valence-corrected chi connectivity index (χ0v) is 22.2. The van der Waals surface area contributed by atoms with Gasteiger partial charge in [-0.05, 0) is 56.8 Å². The Morgan fingerprint density at radius 1 is 1.19 bits per heavy atom. The van der Waals surface area contributed by atoms with Crippen LogP contribution in [0.5, 0.6) is 0 Å². The van der Waals surface area contributed by atoms with Crippen LogP contribution in [0, 0.1) is 11.8 Å². The number of epoxide rings is 1. The average molecular weight is 516 g/mol. The summed E-state index contributed by atoms with van der Waals surface area (Å²) in [5, 5.41) is 21.6. The van der Waals surface area contributed by atoms with Gasteiger partial charge in [0.15, 0.2) is 0 Å². The molecule has 205 valence electrons. The molecule has 0 aromatic rings. The van der Waals surface area contributed by atoms with E-state index >= 15 is 0 Å². The van der Waals surface area contributed by atoms with Gasteiger partial charge in [0.05, 0.1) is 30.5 Å². The molecule has 0 amide bonds. The Labute approximate surface area is 221 Å². The van der Waals surface area contributed by atoms with E-state index in [2.05, 4.69) is 32.9 Å². The average Bonchev–Trinajstić information content (AvgIpc) is 3.61. The van der Waals surface area contributed by atoms with E-state index in [1.165, 1.54) is 6.08 Å². The highest BCUT2D eigenvalue weighted by Gasteiger charge is 2.46. The minimum Gasteiger partial charge on any atom is -0.456 e. The van der Waals surface area contributed by atoms with Gasteiger partial charge < -0.3 is 29.2 Å². The van der Waals surface area contributed by atoms with Crippen molar-refractivity contribution in [3.05, 3.63) is 55.0 Å². The van der Waals surface area contributed by atoms with Crippen molar-refractivity contribution in [1.82, 2.24) is 0 Å². The maximum Gasteiger partial charge on any atom is 0.330 e. The Balaban J connectivity index is 1.43. The molecule has 0 aliphatic carbocycles. The molecule has 7 nitrogen and oxygen atoms in total. The van der Waals surface area contributed by atoms with Gasteiger partial charge in [-0.15, -0.1) is 0 Å². The molecule has 2 fully saturated rings. The van der Waals surface area contributed by atoms with Gasteiger partial charge in [-0.3, -0.25) is 0 Å². The summed E-state index contributed by atoms with van der Waals surface area (Å²) in [5.41, 5.74) is 1.12. The second-order valence-electron chi connectivity index (χ2n) is 11.6. The maximum atomic E-state index is 12.6. The standard InChI is InChI=1S/C30H43O7/c1-20-7-4-8-21-9-5-10-22(35-21)11-6-12-28(33)36-26(18-27-29(37-27)25(32)17-20)24(31)14-13-23-19-30(2,3)15-16-34-23/h4-6,10,12-14,21-27,29,31-32H,1,7-9,11,15-19H2,2-3H3/b12-6-,14-13+/t21-,22+,23?,24+,25+,26?,27+,29+/m1/s1. The Bertz CT molecular complexity index is 875. The summed E-state index contributed by atoms with van der Waals surface area (Å²) >= 11 is 0. The number of rotatable bonds is 3. The number of cyclic esters (lactones) is 1. The van der Waals surface area contributed by atoms with Crippen LogP contribution in [0.15, 0.2) is 48.6 Å². The quantitative estimate of drug-likeness (QED) is 0.331. The fourth-order valence-corrected chi connectivity index (χ4v) is 5.32. The van der Waals surface area contributed by atoms with Crippen molar-refractivity contribution >= 4 is 5.97 Å². The molecule has 0 spiro atoms. The highest BCUT2D eigenvalue weighted by atomic mass is 16.6. The number of ether oxygens (including phenoxy) is 4. The van der Waals surface area contributed by atoms with Crippen LogP contribution in [0.25, 0.3) is 0 Å². The first-order valence-electron chi connectivity index (χ1n) is 13.7. The fraction of sp³-hybridized carbons (Fsp3) is 0.667. The maximum absolute atomic E-state index is 12.6. The molecule has 4 aliphatic rings. The smallest absolute Gasteiger partial charge is 0.330 e. The largest absolute Gasteiger partial charge is 0.456 e. The third kappa shape index (κ3) is 8.89. The summed E-state index contributed by atoms with van der Waals surface area (Å²) in [5.74, 6) is -0.524. The molecule has 0 aromatic carbocycles. The lowest BCUT2D eigenvalue weighted by atomic mass is 9.82. The Hall–Kier alpha value is -1.77. The van der Waals surface area contributed by atoms with E-state index in [1.807, 2.05) is 12.2 Å². The zero-order valence-electron chi connectivity index (χ0n) is 22.2. The van der Waals surface area contributed by atoms with E-state index in [-0.39, 0.29) is 35.9 Å². The molecule has 2 N–H and O–H groups in total. The Kier molecular flexibility index (Phi) is 9.81. The number of hydrogen-bond acceptors (Lipinski definition) is 7. The molecule has 7 heteroatoms. The summed E-state index contributed by atoms with van der Waals surface area (Å²) in [7, 11) is 0. The van der Waals surface area contributed by atoms with Crippen molar-refractivity contribution in [1.29, 1.82) is 0 Å². The van der Waals surface area contributed by atoms with Crippen LogP contribution in [-0.4, -0.2) is 71.6 Å². The molecular weight excluding hydrogens is 472 g/mol. The van der Waals surface area contributed by atoms with Gasteiger partial charge in [-0.2, -0.15) is 0 Å². The number of aliphatic hydroxyl groups excluding tert-OH is 2. The summed E-state index contributed by atoms with van der Waals surface area (Å²) < 4.78 is 23.4. The van der Waals surface area contributed by atoms with E-state index in [1.54, 1.807) is 12.2 Å². The van der Waals surface area contributed by atoms with E-state index in [0.717, 1.165) is 31.3 Å². The van der Waals surface area contributed by atoms with Gasteiger partial charge >= 0.3 is 5.97 Å². The lowest BCUT2D eigenvalue weighted by Gasteiger charge is -2.34. The van der Waals surface area contributed by atoms with Gasteiger partial charge in [-0.1, -0.05) is 56.4 Å². The summed E-state index contributed by atoms with van der Waals surface area (Å²) in [6.07, 6.45) is 15.3. The molecule has 1 radical (unpaired) electrons. The van der Waals surface area contributed by atoms with E-state index in [4.69, 9.17) is 18.9 Å². The molecule has 2 bridgehead atoms. The zero-order chi connectivity index (χ0) is 26.4. The van der Waals surface area contributed by atoms with Crippen LogP contribution in [0.1, 0.15) is 65.2 Å². The first-order valence-corrected chi connectivity index (χ1v) is 13.7. The van der Waals surface area contributed by atoms with Crippen LogP contribution in [-0.2, 0) is 23.7 Å². The van der Waals surface area contributed by atoms with Crippen molar-refractivity contribution in [2.75, 3.05) is 6.61 Å². The minimum absolute atomic E-state index is 0.0878. The van der Waals surface area contributed by atoms with Crippen LogP contribution in [0.3, 0.4) is 0 Å². The number of esters is 1. The van der Waals surface area contributed by atoms with Crippen LogP contribution in [0.4, 0.5) is 0 Å². The highest BCUT2D eigenvalue weighted by molar-refractivity contribution is 5.82. The van der Waals surface area contributed by atoms with Gasteiger partial charge in [-0.25, -0.2) is 4.79 Å². The predicted molar refractivity (Wildman–Crippen MR) is 141 cm³/mol. The Morgan fingerprint density at radius 2 is 2.03 bits per heavy atom. The second-order valence-corrected chi connectivity index (χ2v) is 11.6. The highest BCUT2D eigenvalue weighted by Crippen LogP contribution is 2.35. The summed E-state index contributed by atoms with van der Waals surface area (Å²) in [4.78, 5) is 12.6. The normalized spacial score (nSPS) is 39.2. The lowest BCUT2D eigenvalue weighted by Crippen LogP contribution is -2.33. The van der Waals surface area contributed by atoms with Crippen LogP contribution >= 0.6 is 0 Å². The summed E-state index contributed by atoms with van der Waals surface area (Å²) in [6, 6.07) is 0. The van der Waals surface area contributed by atoms with Crippen molar-refractivity contribution in [3.63, 3.8) is 0 Å². The van der Waals surface area contributed by atoms with E-state index in [9.17, 15) is 15.0 Å². The number of hydrogen-bond donors (Lipinski definition) is 2. The van der Waals surface area contributed by atoms with Crippen LogP contribution < -0.4 is 0 Å². The second kappa shape index (κ2) is 12.9. The van der Waals surface area contributed by atoms with Gasteiger partial charge in [0, 0.05) is 19.1 Å². The molecule has 0 saturated carbocycles. The van der Waals surface area contributed by atoms with Crippen molar-refractivity contribution < 1.29 is 34.0 Å². The Morgan fingerprint density at radius 3 is 2.84 bits per heavy atom. The third-order valence-electron chi connectivity index (χ3n) is 7.60. The number of carbonyl (C=O) groups excluding carboxylic acids is 1. The van der Waals surface area contributed by atoms with Gasteiger partial charge in [0.25, 0.3) is 0 Å². The monoisotopic (exact) mass is 515 g/mol. The summed E-state index contributed by atoms with van der Waals surface area (Å²) in [6.45, 7) is 9.22. The third-order valence-corrected chi connectivity index (χ3v) is 7.60. The minimum atomic E-state index is -1.02. The van der Waals surface area contributed by atoms with Crippen molar-refractivity contribution in [2.24, 2.45) is 5.41 Å². The molecule has 8 atom stereocenters. The predicted octanol–water partition coefficient (Wildman–Crippen LogP) is 4.14. The fourth-order valence-electron chi connectivity index (χ4n) is 5.32. The number of aliphatic hydroxyl groups is 2. The molecule has 2 saturated heterocycles. The molecule has 0 aromatic heterocycles. The van der Waals surface area contributed by atoms with Crippen molar-refractivity contribution in [2.45, 2.75) is 114 Å². The molecule has 4 heterocycles. The van der Waals surface area contributed by atoms with E-state index in [0.29, 0.717) is 32.3 Å². The van der Waals surface area contributed by atoms with E-state index < -0.39 is 24.3 Å². The first kappa shape index (κ1) is 28.2. The van der Waals surface area contributed by atoms with Crippen LogP contribution in [0.2, 0.25) is 0 Å².